The Morgan fingerprint density at radius 3 is 2.68 bits per heavy atom. The molecule has 2 aromatic heterocycles. The van der Waals surface area contributed by atoms with Crippen molar-refractivity contribution in [3.05, 3.63) is 41.6 Å². The highest BCUT2D eigenvalue weighted by Gasteiger charge is 2.50. The predicted molar refractivity (Wildman–Crippen MR) is 95.9 cm³/mol. The first-order valence-electron chi connectivity index (χ1n) is 9.11. The number of ether oxygens (including phenoxy) is 1. The molecule has 0 amide bonds. The van der Waals surface area contributed by atoms with Crippen molar-refractivity contribution in [3.63, 3.8) is 0 Å². The molecule has 3 aliphatic rings. The van der Waals surface area contributed by atoms with Crippen LogP contribution in [0.1, 0.15) is 24.0 Å². The summed E-state index contributed by atoms with van der Waals surface area (Å²) in [5.41, 5.74) is 0.487. The summed E-state index contributed by atoms with van der Waals surface area (Å²) in [6.07, 6.45) is -0.505. The molecule has 1 aromatic carbocycles. The molecule has 1 aliphatic carbocycles. The second-order valence-corrected chi connectivity index (χ2v) is 7.88. The fraction of sp³-hybridized carbons (Fsp3) is 0.400. The summed E-state index contributed by atoms with van der Waals surface area (Å²) >= 11 is 0. The van der Waals surface area contributed by atoms with E-state index >= 15 is 0 Å². The molecule has 8 heteroatoms. The molecule has 1 saturated carbocycles. The first-order valence-corrected chi connectivity index (χ1v) is 9.11. The maximum Gasteiger partial charge on any atom is 0.416 e. The molecule has 2 aliphatic heterocycles. The summed E-state index contributed by atoms with van der Waals surface area (Å²) in [4.78, 5) is 4.51. The van der Waals surface area contributed by atoms with E-state index in [1.807, 2.05) is 16.9 Å². The smallest absolute Gasteiger partial charge is 0.416 e. The number of phenols is 1. The molecular formula is C20H18F3N3O2. The van der Waals surface area contributed by atoms with E-state index < -0.39 is 17.5 Å². The van der Waals surface area contributed by atoms with Gasteiger partial charge in [0.25, 0.3) is 0 Å². The van der Waals surface area contributed by atoms with E-state index in [0.29, 0.717) is 29.4 Å². The van der Waals surface area contributed by atoms with Crippen molar-refractivity contribution >= 4 is 11.0 Å². The van der Waals surface area contributed by atoms with Crippen molar-refractivity contribution in [3.8, 4) is 17.0 Å². The van der Waals surface area contributed by atoms with Crippen molar-refractivity contribution in [1.29, 1.82) is 0 Å². The minimum Gasteiger partial charge on any atom is -0.507 e. The summed E-state index contributed by atoms with van der Waals surface area (Å²) in [5.74, 6) is 0.135. The number of fused-ring (bicyclic) bond motifs is 3. The van der Waals surface area contributed by atoms with E-state index in [0.717, 1.165) is 37.0 Å². The van der Waals surface area contributed by atoms with Gasteiger partial charge in [-0.3, -0.25) is 4.68 Å². The predicted octanol–water partition coefficient (Wildman–Crippen LogP) is 4.27. The van der Waals surface area contributed by atoms with Crippen molar-refractivity contribution in [2.24, 2.45) is 5.92 Å². The number of hydrogen-bond acceptors (Lipinski definition) is 4. The Labute approximate surface area is 158 Å². The topological polar surface area (TPSA) is 60.2 Å². The Morgan fingerprint density at radius 2 is 2.04 bits per heavy atom. The lowest BCUT2D eigenvalue weighted by molar-refractivity contribution is -0.137. The van der Waals surface area contributed by atoms with Gasteiger partial charge in [0, 0.05) is 23.8 Å². The number of benzene rings is 1. The van der Waals surface area contributed by atoms with E-state index in [9.17, 15) is 18.3 Å². The summed E-state index contributed by atoms with van der Waals surface area (Å²) in [6, 6.07) is 5.28. The van der Waals surface area contributed by atoms with E-state index in [2.05, 4.69) is 10.1 Å². The molecule has 0 spiro atoms. The fourth-order valence-corrected chi connectivity index (χ4v) is 4.47. The number of halogens is 3. The van der Waals surface area contributed by atoms with Crippen LogP contribution in [0.4, 0.5) is 13.2 Å². The lowest BCUT2D eigenvalue weighted by Crippen LogP contribution is -2.55. The normalized spacial score (nSPS) is 24.4. The van der Waals surface area contributed by atoms with E-state index in [-0.39, 0.29) is 11.1 Å². The van der Waals surface area contributed by atoms with Gasteiger partial charge in [-0.2, -0.15) is 18.3 Å². The van der Waals surface area contributed by atoms with Gasteiger partial charge in [0.1, 0.15) is 5.75 Å². The molecule has 5 nitrogen and oxygen atoms in total. The van der Waals surface area contributed by atoms with Gasteiger partial charge >= 0.3 is 6.18 Å². The molecule has 2 bridgehead atoms. The molecule has 1 N–H and O–H groups in total. The zero-order chi connectivity index (χ0) is 19.7. The van der Waals surface area contributed by atoms with Crippen LogP contribution in [0.3, 0.4) is 0 Å². The molecule has 2 saturated heterocycles. The van der Waals surface area contributed by atoms with Crippen LogP contribution in [-0.4, -0.2) is 33.1 Å². The van der Waals surface area contributed by atoms with Gasteiger partial charge in [0.15, 0.2) is 5.65 Å². The zero-order valence-electron chi connectivity index (χ0n) is 15.1. The highest BCUT2D eigenvalue weighted by atomic mass is 19.4. The van der Waals surface area contributed by atoms with Crippen molar-refractivity contribution < 1.29 is 23.0 Å². The van der Waals surface area contributed by atoms with E-state index in [1.54, 1.807) is 6.07 Å². The molecule has 28 heavy (non-hydrogen) atoms. The van der Waals surface area contributed by atoms with Crippen LogP contribution in [0.5, 0.6) is 5.75 Å². The number of nitrogens with zero attached hydrogens (tertiary/aromatic N) is 3. The minimum absolute atomic E-state index is 0.115. The molecule has 6 rings (SSSR count). The Hall–Kier alpha value is -2.61. The number of pyridine rings is 1. The standard InChI is InChI=1S/C20H18F3N3O2/c1-11-4-14(20(21,22)23)5-16(27)17(11)15-3-2-13-8-26(25-18(13)24-15)19-6-12(7-19)9-28-10-19/h2-5,8,12,27H,6-7,9-10H2,1H3. The van der Waals surface area contributed by atoms with Crippen LogP contribution in [-0.2, 0) is 16.5 Å². The monoisotopic (exact) mass is 389 g/mol. The first-order chi connectivity index (χ1) is 13.2. The number of hydrogen-bond donors (Lipinski definition) is 1. The molecule has 0 radical (unpaired) electrons. The number of phenolic OH excluding ortho intramolecular Hbond substituents is 1. The van der Waals surface area contributed by atoms with Crippen molar-refractivity contribution in [2.45, 2.75) is 31.5 Å². The molecule has 4 heterocycles. The average Bonchev–Trinajstić information content (AvgIpc) is 3.04. The Bertz CT molecular complexity index is 1060. The van der Waals surface area contributed by atoms with Crippen LogP contribution < -0.4 is 0 Å². The average molecular weight is 389 g/mol. The molecule has 3 aromatic rings. The maximum atomic E-state index is 13.0. The largest absolute Gasteiger partial charge is 0.507 e. The molecule has 146 valence electrons. The SMILES string of the molecule is Cc1cc(C(F)(F)F)cc(O)c1-c1ccc2cn(C34COCC(C3)C4)nc2n1. The van der Waals surface area contributed by atoms with Gasteiger partial charge in [-0.05, 0) is 55.5 Å². The zero-order valence-corrected chi connectivity index (χ0v) is 15.1. The highest BCUT2D eigenvalue weighted by molar-refractivity contribution is 5.80. The lowest BCUT2D eigenvalue weighted by Gasteiger charge is -2.51. The number of aryl methyl sites for hydroxylation is 1. The number of alkyl halides is 3. The summed E-state index contributed by atoms with van der Waals surface area (Å²) in [7, 11) is 0. The third-order valence-electron chi connectivity index (χ3n) is 5.81. The van der Waals surface area contributed by atoms with Crippen LogP contribution >= 0.6 is 0 Å². The van der Waals surface area contributed by atoms with E-state index in [4.69, 9.17) is 4.74 Å². The van der Waals surface area contributed by atoms with Crippen molar-refractivity contribution in [1.82, 2.24) is 14.8 Å². The van der Waals surface area contributed by atoms with Gasteiger partial charge in [0.2, 0.25) is 0 Å². The Morgan fingerprint density at radius 1 is 1.25 bits per heavy atom. The second-order valence-electron chi connectivity index (χ2n) is 7.88. The molecular weight excluding hydrogens is 371 g/mol. The summed E-state index contributed by atoms with van der Waals surface area (Å²) < 4.78 is 46.4. The minimum atomic E-state index is -4.51. The van der Waals surface area contributed by atoms with Gasteiger partial charge in [-0.15, -0.1) is 0 Å². The van der Waals surface area contributed by atoms with E-state index in [1.165, 1.54) is 6.92 Å². The third-order valence-corrected chi connectivity index (χ3v) is 5.81. The van der Waals surface area contributed by atoms with Crippen LogP contribution in [0.2, 0.25) is 0 Å². The highest BCUT2D eigenvalue weighted by Crippen LogP contribution is 2.48. The third kappa shape index (κ3) is 2.58. The van der Waals surface area contributed by atoms with Gasteiger partial charge in [-0.1, -0.05) is 0 Å². The first kappa shape index (κ1) is 17.5. The summed E-state index contributed by atoms with van der Waals surface area (Å²) in [5, 5.41) is 15.7. The van der Waals surface area contributed by atoms with Gasteiger partial charge < -0.3 is 9.84 Å². The summed E-state index contributed by atoms with van der Waals surface area (Å²) in [6.45, 7) is 2.96. The Kier molecular flexibility index (Phi) is 3.56. The van der Waals surface area contributed by atoms with Crippen molar-refractivity contribution in [2.75, 3.05) is 13.2 Å². The lowest BCUT2D eigenvalue weighted by atomic mass is 9.67. The second kappa shape index (κ2) is 5.70. The van der Waals surface area contributed by atoms with Crippen LogP contribution in [0.25, 0.3) is 22.3 Å². The van der Waals surface area contributed by atoms with Gasteiger partial charge in [-0.25, -0.2) is 4.98 Å². The van der Waals surface area contributed by atoms with Gasteiger partial charge in [0.05, 0.1) is 23.4 Å². The number of aromatic nitrogens is 3. The molecule has 0 unspecified atom stereocenters. The fourth-order valence-electron chi connectivity index (χ4n) is 4.47. The van der Waals surface area contributed by atoms with Crippen LogP contribution in [0.15, 0.2) is 30.5 Å². The maximum absolute atomic E-state index is 13.0. The number of aromatic hydroxyl groups is 1. The Balaban J connectivity index is 1.56. The quantitative estimate of drug-likeness (QED) is 0.711. The molecule has 3 fully saturated rings. The molecule has 0 atom stereocenters. The number of rotatable bonds is 2. The van der Waals surface area contributed by atoms with Crippen LogP contribution in [0, 0.1) is 12.8 Å².